The normalized spacial score (nSPS) is 13.4. The molecule has 3 aromatic rings. The van der Waals surface area contributed by atoms with Crippen molar-refractivity contribution in [3.05, 3.63) is 69.6 Å². The molecule has 1 saturated heterocycles. The molecule has 296 valence electrons. The number of piperidine rings is 1. The number of unbranched alkanes of at least 4 members (excludes halogenated alkanes) is 2. The molecule has 0 radical (unpaired) electrons. The molecular formula is C39H49N5O11. The molecule has 1 aliphatic heterocycles. The number of aryl methyl sites for hydroxylation is 1. The third kappa shape index (κ3) is 12.3. The average molecular weight is 764 g/mol. The maximum Gasteiger partial charge on any atom is 0.340 e. The SMILES string of the molecule is COc1cc(OC)c2c(C)c(CC(=O)N3CCC(C(=O)NCCCCCC(=O)NC(Cc4ccccc4)C(=O)NCC(=O)NCC(=O)O)CC3)c(=O)oc2c1. The van der Waals surface area contributed by atoms with Crippen LogP contribution in [0.1, 0.15) is 55.2 Å². The van der Waals surface area contributed by atoms with Gasteiger partial charge in [-0.1, -0.05) is 36.8 Å². The van der Waals surface area contributed by atoms with Gasteiger partial charge in [0.2, 0.25) is 29.5 Å². The van der Waals surface area contributed by atoms with E-state index in [1.807, 2.05) is 30.3 Å². The predicted molar refractivity (Wildman–Crippen MR) is 201 cm³/mol. The highest BCUT2D eigenvalue weighted by Gasteiger charge is 2.29. The summed E-state index contributed by atoms with van der Waals surface area (Å²) in [5, 5.41) is 19.6. The van der Waals surface area contributed by atoms with Crippen molar-refractivity contribution in [2.45, 2.75) is 64.3 Å². The number of nitrogens with one attached hydrogen (secondary N) is 4. The van der Waals surface area contributed by atoms with Crippen LogP contribution >= 0.6 is 0 Å². The third-order valence-corrected chi connectivity index (χ3v) is 9.49. The summed E-state index contributed by atoms with van der Waals surface area (Å²) in [4.78, 5) is 88.8. The monoisotopic (exact) mass is 763 g/mol. The maximum atomic E-state index is 13.2. The smallest absolute Gasteiger partial charge is 0.340 e. The molecule has 1 aliphatic rings. The highest BCUT2D eigenvalue weighted by molar-refractivity contribution is 5.92. The summed E-state index contributed by atoms with van der Waals surface area (Å²) in [6.07, 6.45) is 3.01. The Morgan fingerprint density at radius 2 is 1.64 bits per heavy atom. The van der Waals surface area contributed by atoms with Crippen molar-refractivity contribution in [3.63, 3.8) is 0 Å². The van der Waals surface area contributed by atoms with E-state index in [4.69, 9.17) is 19.0 Å². The van der Waals surface area contributed by atoms with Crippen molar-refractivity contribution in [1.29, 1.82) is 0 Å². The number of rotatable bonds is 19. The molecule has 1 atom stereocenters. The number of carbonyl (C=O) groups excluding carboxylic acids is 5. The van der Waals surface area contributed by atoms with Gasteiger partial charge in [0.25, 0.3) is 0 Å². The highest BCUT2D eigenvalue weighted by Crippen LogP contribution is 2.34. The number of ether oxygens (including phenoxy) is 2. The van der Waals surface area contributed by atoms with Gasteiger partial charge in [-0.15, -0.1) is 0 Å². The minimum Gasteiger partial charge on any atom is -0.496 e. The zero-order valence-electron chi connectivity index (χ0n) is 31.4. The van der Waals surface area contributed by atoms with E-state index in [9.17, 15) is 33.6 Å². The summed E-state index contributed by atoms with van der Waals surface area (Å²) in [5.41, 5.74) is 1.37. The second-order valence-electron chi connectivity index (χ2n) is 13.3. The molecule has 4 rings (SSSR count). The second kappa shape index (κ2) is 20.5. The number of hydrogen-bond donors (Lipinski definition) is 5. The Bertz CT molecular complexity index is 1910. The Balaban J connectivity index is 1.16. The maximum absolute atomic E-state index is 13.2. The van der Waals surface area contributed by atoms with Crippen molar-refractivity contribution in [3.8, 4) is 11.5 Å². The van der Waals surface area contributed by atoms with Crippen molar-refractivity contribution >= 4 is 46.5 Å². The number of hydrogen-bond acceptors (Lipinski definition) is 10. The number of aliphatic carboxylic acids is 1. The topological polar surface area (TPSA) is 223 Å². The predicted octanol–water partition coefficient (Wildman–Crippen LogP) is 1.62. The molecule has 16 nitrogen and oxygen atoms in total. The standard InChI is InChI=1S/C39H49N5O11/c1-24-28(39(52)55-31-20-27(53-2)19-30(54-3)36(24)31)21-34(47)44-16-13-26(14-17-44)37(50)40-15-9-5-8-12-32(45)43-29(18-25-10-6-4-7-11-25)38(51)42-22-33(46)41-23-35(48)49/h4,6-7,10-11,19-20,26,29H,5,8-9,12-18,21-23H2,1-3H3,(H,40,50)(H,41,46)(H,42,51)(H,43,45)(H,48,49). The largest absolute Gasteiger partial charge is 0.496 e. The number of methoxy groups -OCH3 is 2. The van der Waals surface area contributed by atoms with Gasteiger partial charge in [0.05, 0.1) is 38.1 Å². The van der Waals surface area contributed by atoms with E-state index in [2.05, 4.69) is 21.3 Å². The van der Waals surface area contributed by atoms with Crippen molar-refractivity contribution in [1.82, 2.24) is 26.2 Å². The first-order chi connectivity index (χ1) is 26.4. The number of likely N-dealkylation sites (tertiary alicyclic amines) is 1. The Hall–Kier alpha value is -5.93. The summed E-state index contributed by atoms with van der Waals surface area (Å²) in [6.45, 7) is 1.93. The number of carboxylic acid groups (broad SMARTS) is 1. The molecule has 0 bridgehead atoms. The van der Waals surface area contributed by atoms with Gasteiger partial charge in [0.1, 0.15) is 29.7 Å². The number of carbonyl (C=O) groups is 6. The molecule has 1 aromatic heterocycles. The minimum atomic E-state index is -1.21. The molecule has 55 heavy (non-hydrogen) atoms. The summed E-state index contributed by atoms with van der Waals surface area (Å²) in [7, 11) is 3.00. The molecular weight excluding hydrogens is 714 g/mol. The zero-order valence-corrected chi connectivity index (χ0v) is 31.4. The molecule has 0 saturated carbocycles. The number of benzene rings is 2. The second-order valence-corrected chi connectivity index (χ2v) is 13.3. The Morgan fingerprint density at radius 1 is 0.909 bits per heavy atom. The molecule has 5 amide bonds. The van der Waals surface area contributed by atoms with Crippen LogP contribution in [0, 0.1) is 12.8 Å². The van der Waals surface area contributed by atoms with E-state index in [1.165, 1.54) is 14.2 Å². The number of nitrogens with zero attached hydrogens (tertiary/aromatic N) is 1. The van der Waals surface area contributed by atoms with Crippen LogP contribution in [-0.2, 0) is 41.6 Å². The fourth-order valence-electron chi connectivity index (χ4n) is 6.42. The van der Waals surface area contributed by atoms with Gasteiger partial charge in [-0.05, 0) is 43.7 Å². The highest BCUT2D eigenvalue weighted by atomic mass is 16.5. The van der Waals surface area contributed by atoms with Crippen molar-refractivity contribution in [2.75, 3.05) is 46.9 Å². The Morgan fingerprint density at radius 3 is 2.31 bits per heavy atom. The van der Waals surface area contributed by atoms with Crippen LogP contribution in [0.15, 0.2) is 51.7 Å². The lowest BCUT2D eigenvalue weighted by Gasteiger charge is -2.31. The quantitative estimate of drug-likeness (QED) is 0.0872. The third-order valence-electron chi connectivity index (χ3n) is 9.49. The Kier molecular flexibility index (Phi) is 15.6. The van der Waals surface area contributed by atoms with Crippen LogP contribution in [0.5, 0.6) is 11.5 Å². The first kappa shape index (κ1) is 41.8. The summed E-state index contributed by atoms with van der Waals surface area (Å²) in [5.74, 6) is -2.42. The fraction of sp³-hybridized carbons (Fsp3) is 0.462. The van der Waals surface area contributed by atoms with Crippen LogP contribution in [-0.4, -0.2) is 98.5 Å². The lowest BCUT2D eigenvalue weighted by atomic mass is 9.95. The van der Waals surface area contributed by atoms with Crippen molar-refractivity contribution in [2.24, 2.45) is 5.92 Å². The minimum absolute atomic E-state index is 0.0928. The fourth-order valence-corrected chi connectivity index (χ4v) is 6.42. The summed E-state index contributed by atoms with van der Waals surface area (Å²) >= 11 is 0. The van der Waals surface area contributed by atoms with E-state index >= 15 is 0 Å². The zero-order chi connectivity index (χ0) is 39.9. The average Bonchev–Trinajstić information content (AvgIpc) is 3.18. The van der Waals surface area contributed by atoms with Crippen LogP contribution < -0.4 is 36.4 Å². The van der Waals surface area contributed by atoms with Crippen molar-refractivity contribution < 1.29 is 47.8 Å². The number of carboxylic acids is 1. The summed E-state index contributed by atoms with van der Waals surface area (Å²) < 4.78 is 16.3. The molecule has 1 fully saturated rings. The first-order valence-electron chi connectivity index (χ1n) is 18.2. The number of fused-ring (bicyclic) bond motifs is 1. The van der Waals surface area contributed by atoms with E-state index in [-0.39, 0.29) is 48.5 Å². The molecule has 2 heterocycles. The Labute approximate surface area is 318 Å². The number of amides is 5. The molecule has 1 unspecified atom stereocenters. The van der Waals surface area contributed by atoms with Gasteiger partial charge < -0.3 is 45.2 Å². The molecule has 5 N–H and O–H groups in total. The van der Waals surface area contributed by atoms with Gasteiger partial charge in [0, 0.05) is 50.5 Å². The van der Waals surface area contributed by atoms with E-state index in [0.29, 0.717) is 79.8 Å². The molecule has 0 aliphatic carbocycles. The molecule has 2 aromatic carbocycles. The van der Waals surface area contributed by atoms with E-state index < -0.39 is 42.5 Å². The lowest BCUT2D eigenvalue weighted by molar-refractivity contribution is -0.138. The van der Waals surface area contributed by atoms with E-state index in [0.717, 1.165) is 5.56 Å². The lowest BCUT2D eigenvalue weighted by Crippen LogP contribution is -2.50. The van der Waals surface area contributed by atoms with Crippen LogP contribution in [0.25, 0.3) is 11.0 Å². The van der Waals surface area contributed by atoms with Gasteiger partial charge in [-0.25, -0.2) is 4.79 Å². The van der Waals surface area contributed by atoms with Crippen LogP contribution in [0.4, 0.5) is 0 Å². The summed E-state index contributed by atoms with van der Waals surface area (Å²) in [6, 6.07) is 11.4. The van der Waals surface area contributed by atoms with Crippen LogP contribution in [0.3, 0.4) is 0 Å². The van der Waals surface area contributed by atoms with Crippen LogP contribution in [0.2, 0.25) is 0 Å². The van der Waals surface area contributed by atoms with Gasteiger partial charge in [-0.3, -0.25) is 28.8 Å². The first-order valence-corrected chi connectivity index (χ1v) is 18.2. The van der Waals surface area contributed by atoms with Gasteiger partial charge in [-0.2, -0.15) is 0 Å². The van der Waals surface area contributed by atoms with Gasteiger partial charge in [0.15, 0.2) is 0 Å². The van der Waals surface area contributed by atoms with Gasteiger partial charge >= 0.3 is 11.6 Å². The van der Waals surface area contributed by atoms with E-state index in [1.54, 1.807) is 24.0 Å². The molecule has 16 heteroatoms. The molecule has 0 spiro atoms.